The van der Waals surface area contributed by atoms with Gasteiger partial charge in [0, 0.05) is 44.9 Å². The van der Waals surface area contributed by atoms with E-state index in [9.17, 15) is 9.59 Å². The van der Waals surface area contributed by atoms with Gasteiger partial charge >= 0.3 is 6.03 Å². The van der Waals surface area contributed by atoms with Gasteiger partial charge in [-0.2, -0.15) is 0 Å². The van der Waals surface area contributed by atoms with E-state index in [1.165, 1.54) is 6.20 Å². The lowest BCUT2D eigenvalue weighted by molar-refractivity contribution is -0.129. The molecule has 35 heavy (non-hydrogen) atoms. The molecule has 1 atom stereocenters. The molecule has 1 unspecified atom stereocenters. The van der Waals surface area contributed by atoms with Crippen molar-refractivity contribution in [2.45, 2.75) is 58.6 Å². The number of benzene rings is 1. The van der Waals surface area contributed by atoms with Crippen molar-refractivity contribution in [3.8, 4) is 5.75 Å². The first-order chi connectivity index (χ1) is 16.7. The van der Waals surface area contributed by atoms with E-state index >= 15 is 0 Å². The minimum Gasteiger partial charge on any atom is -0.486 e. The average molecular weight is 503 g/mol. The van der Waals surface area contributed by atoms with Crippen LogP contribution in [-0.2, 0) is 9.53 Å². The van der Waals surface area contributed by atoms with E-state index in [4.69, 9.17) is 21.1 Å². The first-order valence-corrected chi connectivity index (χ1v) is 12.3. The predicted octanol–water partition coefficient (Wildman–Crippen LogP) is 5.32. The van der Waals surface area contributed by atoms with E-state index in [2.05, 4.69) is 30.2 Å². The average Bonchev–Trinajstić information content (AvgIpc) is 2.81. The smallest absolute Gasteiger partial charge is 0.326 e. The summed E-state index contributed by atoms with van der Waals surface area (Å²) in [5.74, 6) is 0.706. The van der Waals surface area contributed by atoms with Crippen molar-refractivity contribution in [1.29, 1.82) is 0 Å². The van der Waals surface area contributed by atoms with Crippen LogP contribution in [0.25, 0.3) is 0 Å². The minimum atomic E-state index is -0.284. The van der Waals surface area contributed by atoms with Gasteiger partial charge in [-0.1, -0.05) is 43.6 Å². The number of piperidine rings is 1. The molecule has 1 N–H and O–H groups in total. The molecule has 3 rings (SSSR count). The number of nitrogens with one attached hydrogen (secondary N) is 1. The maximum Gasteiger partial charge on any atom is 0.326 e. The van der Waals surface area contributed by atoms with Crippen molar-refractivity contribution in [2.24, 2.45) is 0 Å². The summed E-state index contributed by atoms with van der Waals surface area (Å²) in [5, 5.41) is 3.27. The van der Waals surface area contributed by atoms with E-state index in [-0.39, 0.29) is 35.2 Å². The van der Waals surface area contributed by atoms with E-state index < -0.39 is 0 Å². The molecule has 0 bridgehead atoms. The first kappa shape index (κ1) is 26.8. The largest absolute Gasteiger partial charge is 0.486 e. The number of amides is 3. The van der Waals surface area contributed by atoms with Gasteiger partial charge in [-0.05, 0) is 37.3 Å². The lowest BCUT2D eigenvalue weighted by atomic mass is 9.97. The van der Waals surface area contributed by atoms with Crippen molar-refractivity contribution < 1.29 is 19.1 Å². The standard InChI is InChI=1S/C26H35ClN4O4/c1-17(2)21-8-6-7-9-23(21)31(20-10-12-30(13-11-20)19(4)32)26(33)29-22-15-28-25(27)14-24(22)35-18(3)16-34-5/h6-9,14-15,17-18,20H,10-13,16H2,1-5H3,(H,29,33). The van der Waals surface area contributed by atoms with Gasteiger partial charge in [0.05, 0.1) is 12.8 Å². The molecule has 0 saturated carbocycles. The minimum absolute atomic E-state index is 0.0567. The zero-order valence-corrected chi connectivity index (χ0v) is 21.8. The molecule has 1 fully saturated rings. The van der Waals surface area contributed by atoms with Gasteiger partial charge < -0.3 is 19.7 Å². The highest BCUT2D eigenvalue weighted by atomic mass is 35.5. The number of carbonyl (C=O) groups excluding carboxylic acids is 2. The lowest BCUT2D eigenvalue weighted by Gasteiger charge is -2.39. The molecule has 8 nitrogen and oxygen atoms in total. The quantitative estimate of drug-likeness (QED) is 0.494. The molecule has 2 aromatic rings. The molecule has 1 aliphatic heterocycles. The summed E-state index contributed by atoms with van der Waals surface area (Å²) in [7, 11) is 1.60. The molecule has 190 valence electrons. The molecular weight excluding hydrogens is 468 g/mol. The molecule has 1 aliphatic rings. The Balaban J connectivity index is 1.93. The van der Waals surface area contributed by atoms with Crippen molar-refractivity contribution in [1.82, 2.24) is 9.88 Å². The lowest BCUT2D eigenvalue weighted by Crippen LogP contribution is -2.50. The highest BCUT2D eigenvalue weighted by Crippen LogP contribution is 2.33. The number of carbonyl (C=O) groups is 2. The summed E-state index contributed by atoms with van der Waals surface area (Å²) in [6, 6.07) is 9.19. The molecule has 1 saturated heterocycles. The molecule has 9 heteroatoms. The van der Waals surface area contributed by atoms with Crippen LogP contribution >= 0.6 is 11.6 Å². The number of methoxy groups -OCH3 is 1. The third-order valence-electron chi connectivity index (χ3n) is 6.12. The maximum atomic E-state index is 13.8. The molecule has 1 aromatic heterocycles. The number of likely N-dealkylation sites (tertiary alicyclic amines) is 1. The Kier molecular flexibility index (Phi) is 9.34. The number of para-hydroxylation sites is 1. The number of hydrogen-bond donors (Lipinski definition) is 1. The zero-order chi connectivity index (χ0) is 25.5. The summed E-state index contributed by atoms with van der Waals surface area (Å²) >= 11 is 6.11. The second-order valence-electron chi connectivity index (χ2n) is 9.14. The molecule has 2 heterocycles. The highest BCUT2D eigenvalue weighted by molar-refractivity contribution is 6.29. The Morgan fingerprint density at radius 3 is 2.54 bits per heavy atom. The van der Waals surface area contributed by atoms with E-state index in [0.29, 0.717) is 44.0 Å². The zero-order valence-electron chi connectivity index (χ0n) is 21.1. The van der Waals surface area contributed by atoms with Gasteiger partial charge in [-0.25, -0.2) is 9.78 Å². The number of ether oxygens (including phenoxy) is 2. The normalized spacial score (nSPS) is 15.1. The van der Waals surface area contributed by atoms with Gasteiger partial charge in [0.1, 0.15) is 22.7 Å². The number of rotatable bonds is 8. The second kappa shape index (κ2) is 12.2. The van der Waals surface area contributed by atoms with Crippen LogP contribution in [-0.4, -0.2) is 60.8 Å². The van der Waals surface area contributed by atoms with Gasteiger partial charge in [0.25, 0.3) is 0 Å². The molecule has 0 aliphatic carbocycles. The summed E-state index contributed by atoms with van der Waals surface area (Å²) in [5.41, 5.74) is 2.37. The Hall–Kier alpha value is -2.84. The molecule has 1 aromatic carbocycles. The molecule has 3 amide bonds. The van der Waals surface area contributed by atoms with Gasteiger partial charge in [-0.3, -0.25) is 9.69 Å². The Bertz CT molecular complexity index is 1020. The fraction of sp³-hybridized carbons (Fsp3) is 0.500. The van der Waals surface area contributed by atoms with E-state index in [1.807, 2.05) is 34.9 Å². The van der Waals surface area contributed by atoms with Crippen LogP contribution in [0.3, 0.4) is 0 Å². The van der Waals surface area contributed by atoms with Gasteiger partial charge in [0.2, 0.25) is 5.91 Å². The molecule has 0 radical (unpaired) electrons. The number of nitrogens with zero attached hydrogens (tertiary/aromatic N) is 3. The van der Waals surface area contributed by atoms with E-state index in [1.54, 1.807) is 20.1 Å². The van der Waals surface area contributed by atoms with Crippen molar-refractivity contribution >= 4 is 34.9 Å². The third kappa shape index (κ3) is 6.86. The molecule has 0 spiro atoms. The number of aromatic nitrogens is 1. The maximum absolute atomic E-state index is 13.8. The topological polar surface area (TPSA) is 84.0 Å². The number of hydrogen-bond acceptors (Lipinski definition) is 5. The van der Waals surface area contributed by atoms with Crippen molar-refractivity contribution in [2.75, 3.05) is 37.0 Å². The Morgan fingerprint density at radius 1 is 1.23 bits per heavy atom. The van der Waals surface area contributed by atoms with Crippen LogP contribution in [0.1, 0.15) is 52.0 Å². The summed E-state index contributed by atoms with van der Waals surface area (Å²) in [6.07, 6.45) is 2.63. The van der Waals surface area contributed by atoms with Crippen LogP contribution in [0.5, 0.6) is 5.75 Å². The first-order valence-electron chi connectivity index (χ1n) is 12.0. The summed E-state index contributed by atoms with van der Waals surface area (Å²) in [4.78, 5) is 33.5. The number of halogens is 1. The monoisotopic (exact) mass is 502 g/mol. The van der Waals surface area contributed by atoms with Crippen molar-refractivity contribution in [3.63, 3.8) is 0 Å². The SMILES string of the molecule is COCC(C)Oc1cc(Cl)ncc1NC(=O)N(c1ccccc1C(C)C)C1CCN(C(C)=O)CC1. The second-order valence-corrected chi connectivity index (χ2v) is 9.53. The third-order valence-corrected chi connectivity index (χ3v) is 6.32. The van der Waals surface area contributed by atoms with E-state index in [0.717, 1.165) is 11.3 Å². The fourth-order valence-electron chi connectivity index (χ4n) is 4.37. The summed E-state index contributed by atoms with van der Waals surface area (Å²) in [6.45, 7) is 9.28. The van der Waals surface area contributed by atoms with Crippen LogP contribution in [0.4, 0.5) is 16.2 Å². The van der Waals surface area contributed by atoms with Gasteiger partial charge in [0.15, 0.2) is 0 Å². The number of urea groups is 1. The number of anilines is 2. The Morgan fingerprint density at radius 2 is 1.91 bits per heavy atom. The predicted molar refractivity (Wildman–Crippen MR) is 139 cm³/mol. The van der Waals surface area contributed by atoms with Crippen LogP contribution < -0.4 is 15.0 Å². The molecular formula is C26H35ClN4O4. The highest BCUT2D eigenvalue weighted by Gasteiger charge is 2.32. The summed E-state index contributed by atoms with van der Waals surface area (Å²) < 4.78 is 11.1. The number of pyridine rings is 1. The van der Waals surface area contributed by atoms with Crippen molar-refractivity contribution in [3.05, 3.63) is 47.2 Å². The van der Waals surface area contributed by atoms with Gasteiger partial charge in [-0.15, -0.1) is 0 Å². The fourth-order valence-corrected chi connectivity index (χ4v) is 4.52. The Labute approximate surface area is 212 Å². The van der Waals surface area contributed by atoms with Crippen LogP contribution in [0.2, 0.25) is 5.15 Å². The van der Waals surface area contributed by atoms with Crippen LogP contribution in [0, 0.1) is 0 Å². The van der Waals surface area contributed by atoms with Crippen LogP contribution in [0.15, 0.2) is 36.5 Å².